The predicted molar refractivity (Wildman–Crippen MR) is 212 cm³/mol. The van der Waals surface area contributed by atoms with Crippen LogP contribution in [0.3, 0.4) is 0 Å². The van der Waals surface area contributed by atoms with Crippen LogP contribution in [0.15, 0.2) is 103 Å². The first kappa shape index (κ1) is 37.7. The van der Waals surface area contributed by atoms with Crippen molar-refractivity contribution in [1.29, 1.82) is 0 Å². The maximum atomic E-state index is 7.48. The van der Waals surface area contributed by atoms with Gasteiger partial charge in [0.1, 0.15) is 11.2 Å². The fourth-order valence-electron chi connectivity index (χ4n) is 7.33. The zero-order chi connectivity index (χ0) is 35.6. The van der Waals surface area contributed by atoms with E-state index in [0.29, 0.717) is 0 Å². The van der Waals surface area contributed by atoms with E-state index in [1.165, 1.54) is 11.1 Å². The van der Waals surface area contributed by atoms with Crippen LogP contribution in [0.4, 0.5) is 0 Å². The molecule has 0 amide bonds. The molecule has 0 aromatic heterocycles. The summed E-state index contributed by atoms with van der Waals surface area (Å²) in [5.41, 5.74) is 3.69. The number of rotatable bonds is 14. The van der Waals surface area contributed by atoms with Crippen molar-refractivity contribution in [2.45, 2.75) is 128 Å². The van der Waals surface area contributed by atoms with Gasteiger partial charge in [0.05, 0.1) is 11.2 Å². The second-order valence-electron chi connectivity index (χ2n) is 15.1. The minimum atomic E-state index is -2.03. The van der Waals surface area contributed by atoms with Gasteiger partial charge in [0.25, 0.3) is 0 Å². The van der Waals surface area contributed by atoms with Crippen molar-refractivity contribution in [2.75, 3.05) is 0 Å². The Morgan fingerprint density at radius 1 is 0.490 bits per heavy atom. The van der Waals surface area contributed by atoms with Crippen molar-refractivity contribution < 1.29 is 18.2 Å². The molecule has 1 saturated heterocycles. The Labute approximate surface area is 299 Å². The summed E-state index contributed by atoms with van der Waals surface area (Å²) in [4.78, 5) is 0. The molecule has 0 spiro atoms. The fraction of sp³-hybridized carbons (Fsp3) is 0.476. The molecule has 5 rings (SSSR count). The molecule has 0 N–H and O–H groups in total. The third-order valence-electron chi connectivity index (χ3n) is 12.1. The summed E-state index contributed by atoms with van der Waals surface area (Å²) in [6, 6.07) is 34.8. The molecule has 0 saturated carbocycles. The molecule has 4 nitrogen and oxygen atoms in total. The van der Waals surface area contributed by atoms with Crippen molar-refractivity contribution in [3.05, 3.63) is 114 Å². The molecule has 0 unspecified atom stereocenters. The lowest BCUT2D eigenvalue weighted by molar-refractivity contribution is 0.00578. The van der Waals surface area contributed by atoms with Crippen LogP contribution in [0.2, 0.25) is 36.3 Å². The van der Waals surface area contributed by atoms with E-state index in [1.54, 1.807) is 0 Å². The van der Waals surface area contributed by atoms with Crippen LogP contribution >= 0.6 is 0 Å². The molecular formula is C42H59BO4Si2. The smallest absolute Gasteiger partial charge is 0.401 e. The minimum Gasteiger partial charge on any atom is -0.401 e. The molecule has 0 bridgehead atoms. The molecule has 1 fully saturated rings. The molecular weight excluding hydrogens is 635 g/mol. The summed E-state index contributed by atoms with van der Waals surface area (Å²) in [7, 11) is -4.37. The summed E-state index contributed by atoms with van der Waals surface area (Å²) in [6.07, 6.45) is 9.26. The highest BCUT2D eigenvalue weighted by Gasteiger charge is 2.52. The van der Waals surface area contributed by atoms with E-state index < -0.39 is 27.8 Å². The predicted octanol–water partition coefficient (Wildman–Crippen LogP) is 10.9. The van der Waals surface area contributed by atoms with Gasteiger partial charge in [-0.1, -0.05) is 120 Å². The summed E-state index contributed by atoms with van der Waals surface area (Å²) < 4.78 is 27.5. The van der Waals surface area contributed by atoms with Crippen LogP contribution in [0.5, 0.6) is 0 Å². The molecule has 262 valence electrons. The lowest BCUT2D eigenvalue weighted by atomic mass is 9.78. The molecule has 1 heterocycles. The van der Waals surface area contributed by atoms with Crippen LogP contribution in [0, 0.1) is 0 Å². The standard InChI is InChI=1S/C42H59BO4Si2/c1-11-48(12-2,13-3)46-41(36-20-18-17-19-21-36)30-32-42(33-31-41,47-49(14-4,15-5)16-6)37-26-22-34(23-27-37)35-24-28-38(29-25-35)43-44-39(7,8)40(9,10)45-43/h17-33H,11-16H2,1-10H3. The first-order valence-electron chi connectivity index (χ1n) is 18.7. The molecule has 1 aliphatic heterocycles. The van der Waals surface area contributed by atoms with Gasteiger partial charge < -0.3 is 18.2 Å². The molecule has 7 heteroatoms. The summed E-state index contributed by atoms with van der Waals surface area (Å²) >= 11 is 0. The third-order valence-corrected chi connectivity index (χ3v) is 21.4. The number of hydrogen-bond acceptors (Lipinski definition) is 4. The van der Waals surface area contributed by atoms with E-state index in [2.05, 4.69) is 172 Å². The Hall–Kier alpha value is -2.52. The van der Waals surface area contributed by atoms with E-state index in [0.717, 1.165) is 52.9 Å². The molecule has 0 radical (unpaired) electrons. The van der Waals surface area contributed by atoms with Crippen molar-refractivity contribution in [3.8, 4) is 11.1 Å². The van der Waals surface area contributed by atoms with Gasteiger partial charge in [0, 0.05) is 0 Å². The molecule has 2 aliphatic rings. The molecule has 1 aliphatic carbocycles. The first-order valence-corrected chi connectivity index (χ1v) is 23.8. The van der Waals surface area contributed by atoms with Crippen LogP contribution in [-0.2, 0) is 29.4 Å². The van der Waals surface area contributed by atoms with E-state index in [1.807, 2.05) is 0 Å². The van der Waals surface area contributed by atoms with Crippen LogP contribution in [-0.4, -0.2) is 35.0 Å². The second-order valence-corrected chi connectivity index (χ2v) is 24.5. The van der Waals surface area contributed by atoms with Crippen molar-refractivity contribution in [2.24, 2.45) is 0 Å². The molecule has 49 heavy (non-hydrogen) atoms. The topological polar surface area (TPSA) is 36.9 Å². The second kappa shape index (κ2) is 14.6. The Balaban J connectivity index is 1.51. The van der Waals surface area contributed by atoms with Crippen LogP contribution < -0.4 is 5.46 Å². The monoisotopic (exact) mass is 694 g/mol. The average Bonchev–Trinajstić information content (AvgIpc) is 3.36. The van der Waals surface area contributed by atoms with E-state index in [-0.39, 0.29) is 18.3 Å². The normalized spacial score (nSPS) is 23.3. The zero-order valence-corrected chi connectivity index (χ0v) is 33.8. The number of benzene rings is 3. The van der Waals surface area contributed by atoms with Crippen LogP contribution in [0.1, 0.15) is 80.4 Å². The van der Waals surface area contributed by atoms with E-state index >= 15 is 0 Å². The van der Waals surface area contributed by atoms with Crippen molar-refractivity contribution in [1.82, 2.24) is 0 Å². The van der Waals surface area contributed by atoms with Gasteiger partial charge in [-0.05, 0) is 116 Å². The quantitative estimate of drug-likeness (QED) is 0.124. The largest absolute Gasteiger partial charge is 0.494 e. The van der Waals surface area contributed by atoms with Gasteiger partial charge in [-0.25, -0.2) is 0 Å². The highest BCUT2D eigenvalue weighted by atomic mass is 28.4. The lowest BCUT2D eigenvalue weighted by Crippen LogP contribution is -2.48. The highest BCUT2D eigenvalue weighted by molar-refractivity contribution is 6.74. The molecule has 3 aromatic carbocycles. The SMILES string of the molecule is CC[Si](CC)(CC)OC1(c2ccccc2)C=CC(O[Si](CC)(CC)CC)(c2ccc(-c3ccc(B4OC(C)(C)C(C)(C)O4)cc3)cc2)C=C1. The minimum absolute atomic E-state index is 0.361. The summed E-state index contributed by atoms with van der Waals surface area (Å²) in [5, 5.41) is 0. The van der Waals surface area contributed by atoms with Crippen molar-refractivity contribution >= 4 is 29.2 Å². The Kier molecular flexibility index (Phi) is 11.2. The molecule has 0 atom stereocenters. The Bertz CT molecular complexity index is 1540. The summed E-state index contributed by atoms with van der Waals surface area (Å²) in [6.45, 7) is 22.2. The van der Waals surface area contributed by atoms with Gasteiger partial charge in [-0.3, -0.25) is 0 Å². The first-order chi connectivity index (χ1) is 23.3. The fourth-order valence-corrected chi connectivity index (χ4v) is 13.1. The Morgan fingerprint density at radius 2 is 0.837 bits per heavy atom. The van der Waals surface area contributed by atoms with Gasteiger partial charge in [-0.15, -0.1) is 0 Å². The molecule has 3 aromatic rings. The summed E-state index contributed by atoms with van der Waals surface area (Å²) in [5.74, 6) is 0. The van der Waals surface area contributed by atoms with Crippen molar-refractivity contribution in [3.63, 3.8) is 0 Å². The third kappa shape index (κ3) is 7.31. The van der Waals surface area contributed by atoms with Crippen LogP contribution in [0.25, 0.3) is 11.1 Å². The van der Waals surface area contributed by atoms with E-state index in [4.69, 9.17) is 18.2 Å². The number of hydrogen-bond donors (Lipinski definition) is 0. The highest BCUT2D eigenvalue weighted by Crippen LogP contribution is 2.46. The van der Waals surface area contributed by atoms with Gasteiger partial charge in [0.2, 0.25) is 0 Å². The Morgan fingerprint density at radius 3 is 1.20 bits per heavy atom. The van der Waals surface area contributed by atoms with E-state index in [9.17, 15) is 0 Å². The average molecular weight is 695 g/mol. The zero-order valence-electron chi connectivity index (χ0n) is 31.8. The van der Waals surface area contributed by atoms with Gasteiger partial charge >= 0.3 is 7.12 Å². The van der Waals surface area contributed by atoms with Gasteiger partial charge in [-0.2, -0.15) is 0 Å². The lowest BCUT2D eigenvalue weighted by Gasteiger charge is -2.45. The van der Waals surface area contributed by atoms with Gasteiger partial charge in [0.15, 0.2) is 16.6 Å². The maximum Gasteiger partial charge on any atom is 0.494 e. The maximum absolute atomic E-state index is 7.48.